The topological polar surface area (TPSA) is 69.7 Å². The first kappa shape index (κ1) is 20.1. The van der Waals surface area contributed by atoms with E-state index in [0.29, 0.717) is 6.42 Å². The van der Waals surface area contributed by atoms with E-state index in [2.05, 4.69) is 10.8 Å². The Morgan fingerprint density at radius 2 is 1.59 bits per heavy atom. The number of allylic oxidation sites excluding steroid dienone is 3. The van der Waals surface area contributed by atoms with E-state index < -0.39 is 23.8 Å². The van der Waals surface area contributed by atoms with Gasteiger partial charge in [-0.2, -0.15) is 0 Å². The van der Waals surface area contributed by atoms with E-state index in [9.17, 15) is 14.4 Å². The third-order valence-electron chi connectivity index (χ3n) is 2.86. The summed E-state index contributed by atoms with van der Waals surface area (Å²) < 4.78 is 9.66. The molecule has 0 heterocycles. The van der Waals surface area contributed by atoms with Crippen LogP contribution in [0, 0.1) is 0 Å². The summed E-state index contributed by atoms with van der Waals surface area (Å²) >= 11 is 0. The van der Waals surface area contributed by atoms with Crippen molar-refractivity contribution in [3.63, 3.8) is 0 Å². The zero-order chi connectivity index (χ0) is 17.1. The predicted octanol–water partition coefficient (Wildman–Crippen LogP) is 3.13. The van der Waals surface area contributed by atoms with Gasteiger partial charge in [-0.15, -0.1) is 0 Å². The monoisotopic (exact) mass is 310 g/mol. The van der Waals surface area contributed by atoms with Gasteiger partial charge in [-0.05, 0) is 33.6 Å². The lowest BCUT2D eigenvalue weighted by Crippen LogP contribution is -2.30. The van der Waals surface area contributed by atoms with Crippen LogP contribution in [-0.4, -0.2) is 30.4 Å². The van der Waals surface area contributed by atoms with Crippen molar-refractivity contribution in [1.82, 2.24) is 0 Å². The summed E-state index contributed by atoms with van der Waals surface area (Å²) in [5, 5.41) is 0. The van der Waals surface area contributed by atoms with Gasteiger partial charge in [0.1, 0.15) is 0 Å². The number of esters is 2. The van der Waals surface area contributed by atoms with Crippen molar-refractivity contribution in [3.8, 4) is 0 Å². The second kappa shape index (κ2) is 10.8. The second-order valence-electron chi connectivity index (χ2n) is 5.45. The Balaban J connectivity index is 4.57. The summed E-state index contributed by atoms with van der Waals surface area (Å²) in [7, 11) is 0. The van der Waals surface area contributed by atoms with Crippen LogP contribution in [0.4, 0.5) is 0 Å². The highest BCUT2D eigenvalue weighted by Crippen LogP contribution is 2.11. The number of carbonyl (C=O) groups excluding carboxylic acids is 3. The zero-order valence-corrected chi connectivity index (χ0v) is 14.1. The number of carbonyl (C=O) groups is 3. The number of Topliss-reactive ketones (excluding diaryl/α,β-unsaturated/α-hetero) is 1. The van der Waals surface area contributed by atoms with Gasteiger partial charge in [-0.1, -0.05) is 23.3 Å². The van der Waals surface area contributed by atoms with Crippen LogP contribution in [-0.2, 0) is 23.9 Å². The van der Waals surface area contributed by atoms with Gasteiger partial charge in [0.05, 0.1) is 0 Å². The molecule has 0 bridgehead atoms. The summed E-state index contributed by atoms with van der Waals surface area (Å²) in [6.07, 6.45) is 5.24. The molecule has 1 atom stereocenters. The molecule has 0 N–H and O–H groups in total. The fraction of sp³-hybridized carbons (Fsp3) is 0.588. The standard InChI is InChI=1S/C17H26O5/c1-12(2)7-6-8-13(3)9-10-17(22-15(5)19)16(20)11-21-14(4)18/h7,9,17H,6,8,10-11H2,1-5H3/b13-9+. The number of ketones is 1. The van der Waals surface area contributed by atoms with E-state index in [4.69, 9.17) is 4.74 Å². The van der Waals surface area contributed by atoms with Crippen molar-refractivity contribution >= 4 is 17.7 Å². The summed E-state index contributed by atoms with van der Waals surface area (Å²) in [6.45, 7) is 8.16. The summed E-state index contributed by atoms with van der Waals surface area (Å²) in [5.41, 5.74) is 2.39. The van der Waals surface area contributed by atoms with Crippen LogP contribution in [0.2, 0.25) is 0 Å². The maximum atomic E-state index is 11.9. The van der Waals surface area contributed by atoms with Gasteiger partial charge in [-0.3, -0.25) is 14.4 Å². The van der Waals surface area contributed by atoms with Gasteiger partial charge in [0.15, 0.2) is 12.7 Å². The van der Waals surface area contributed by atoms with Crippen LogP contribution in [0.25, 0.3) is 0 Å². The van der Waals surface area contributed by atoms with Gasteiger partial charge < -0.3 is 9.47 Å². The smallest absolute Gasteiger partial charge is 0.303 e. The van der Waals surface area contributed by atoms with Crippen molar-refractivity contribution in [2.75, 3.05) is 6.61 Å². The Hall–Kier alpha value is -1.91. The average molecular weight is 310 g/mol. The van der Waals surface area contributed by atoms with Crippen LogP contribution in [0.5, 0.6) is 0 Å². The van der Waals surface area contributed by atoms with Crippen LogP contribution >= 0.6 is 0 Å². The summed E-state index contributed by atoms with van der Waals surface area (Å²) in [6, 6.07) is 0. The minimum atomic E-state index is -0.907. The Labute approximate surface area is 132 Å². The molecule has 0 aliphatic rings. The van der Waals surface area contributed by atoms with Crippen molar-refractivity contribution in [1.29, 1.82) is 0 Å². The highest BCUT2D eigenvalue weighted by atomic mass is 16.6. The van der Waals surface area contributed by atoms with Gasteiger partial charge in [-0.25, -0.2) is 0 Å². The highest BCUT2D eigenvalue weighted by molar-refractivity contribution is 5.87. The fourth-order valence-electron chi connectivity index (χ4n) is 1.71. The van der Waals surface area contributed by atoms with Crippen LogP contribution in [0.1, 0.15) is 53.9 Å². The van der Waals surface area contributed by atoms with Crippen molar-refractivity contribution in [2.24, 2.45) is 0 Å². The first-order valence-electron chi connectivity index (χ1n) is 7.34. The van der Waals surface area contributed by atoms with Gasteiger partial charge >= 0.3 is 11.9 Å². The SMILES string of the molecule is CC(=O)OCC(=O)C(C/C=C(\C)CCC=C(C)C)OC(C)=O. The molecule has 0 aliphatic carbocycles. The molecule has 0 fully saturated rings. The Morgan fingerprint density at radius 3 is 2.09 bits per heavy atom. The normalized spacial score (nSPS) is 12.3. The van der Waals surface area contributed by atoms with Crippen molar-refractivity contribution < 1.29 is 23.9 Å². The Bertz CT molecular complexity index is 456. The minimum Gasteiger partial charge on any atom is -0.458 e. The van der Waals surface area contributed by atoms with Crippen molar-refractivity contribution in [3.05, 3.63) is 23.3 Å². The average Bonchev–Trinajstić information content (AvgIpc) is 2.39. The number of ether oxygens (including phenoxy) is 2. The number of rotatable bonds is 9. The molecule has 0 rings (SSSR count). The van der Waals surface area contributed by atoms with Gasteiger partial charge in [0.25, 0.3) is 0 Å². The molecular weight excluding hydrogens is 284 g/mol. The molecule has 1 unspecified atom stereocenters. The van der Waals surface area contributed by atoms with Crippen LogP contribution in [0.15, 0.2) is 23.3 Å². The second-order valence-corrected chi connectivity index (χ2v) is 5.45. The first-order chi connectivity index (χ1) is 10.2. The number of hydrogen-bond acceptors (Lipinski definition) is 5. The molecule has 0 saturated carbocycles. The molecule has 0 spiro atoms. The lowest BCUT2D eigenvalue weighted by molar-refractivity contribution is -0.157. The first-order valence-corrected chi connectivity index (χ1v) is 7.34. The maximum Gasteiger partial charge on any atom is 0.303 e. The molecule has 5 heteroatoms. The maximum absolute atomic E-state index is 11.9. The number of hydrogen-bond donors (Lipinski definition) is 0. The minimum absolute atomic E-state index is 0.292. The Morgan fingerprint density at radius 1 is 0.955 bits per heavy atom. The molecule has 0 aromatic rings. The van der Waals surface area contributed by atoms with E-state index >= 15 is 0 Å². The molecule has 0 aliphatic heterocycles. The molecule has 0 amide bonds. The lowest BCUT2D eigenvalue weighted by Gasteiger charge is -2.14. The summed E-state index contributed by atoms with van der Waals surface area (Å²) in [5.74, 6) is -1.49. The molecule has 0 saturated heterocycles. The predicted molar refractivity (Wildman–Crippen MR) is 84.2 cm³/mol. The van der Waals surface area contributed by atoms with Gasteiger partial charge in [0.2, 0.25) is 5.78 Å². The van der Waals surface area contributed by atoms with Crippen molar-refractivity contribution in [2.45, 2.75) is 60.0 Å². The molecule has 5 nitrogen and oxygen atoms in total. The van der Waals surface area contributed by atoms with E-state index in [1.54, 1.807) is 0 Å². The quantitative estimate of drug-likeness (QED) is 0.483. The third-order valence-corrected chi connectivity index (χ3v) is 2.86. The van der Waals surface area contributed by atoms with Gasteiger partial charge in [0, 0.05) is 20.3 Å². The fourth-order valence-corrected chi connectivity index (χ4v) is 1.71. The molecular formula is C17H26O5. The van der Waals surface area contributed by atoms with E-state index in [1.807, 2.05) is 26.8 Å². The molecule has 124 valence electrons. The van der Waals surface area contributed by atoms with Crippen LogP contribution in [0.3, 0.4) is 0 Å². The van der Waals surface area contributed by atoms with E-state index in [0.717, 1.165) is 18.4 Å². The molecule has 22 heavy (non-hydrogen) atoms. The lowest BCUT2D eigenvalue weighted by atomic mass is 10.1. The summed E-state index contributed by atoms with van der Waals surface area (Å²) in [4.78, 5) is 33.7. The third kappa shape index (κ3) is 10.8. The highest BCUT2D eigenvalue weighted by Gasteiger charge is 2.21. The van der Waals surface area contributed by atoms with E-state index in [-0.39, 0.29) is 6.61 Å². The molecule has 0 aromatic heterocycles. The van der Waals surface area contributed by atoms with E-state index in [1.165, 1.54) is 19.4 Å². The Kier molecular flexibility index (Phi) is 9.83. The zero-order valence-electron chi connectivity index (χ0n) is 14.1. The largest absolute Gasteiger partial charge is 0.458 e. The molecule has 0 radical (unpaired) electrons. The molecule has 0 aromatic carbocycles. The van der Waals surface area contributed by atoms with Crippen LogP contribution < -0.4 is 0 Å².